The van der Waals surface area contributed by atoms with Crippen molar-refractivity contribution in [2.45, 2.75) is 19.4 Å². The van der Waals surface area contributed by atoms with Crippen LogP contribution in [-0.4, -0.2) is 34.8 Å². The number of hydrogen-bond acceptors (Lipinski definition) is 4. The Morgan fingerprint density at radius 2 is 1.84 bits per heavy atom. The molecule has 5 nitrogen and oxygen atoms in total. The molecule has 1 aromatic heterocycles. The van der Waals surface area contributed by atoms with E-state index >= 15 is 0 Å². The fourth-order valence-corrected chi connectivity index (χ4v) is 2.85. The molecule has 1 aromatic carbocycles. The van der Waals surface area contributed by atoms with Crippen molar-refractivity contribution in [3.8, 4) is 0 Å². The number of piperidine rings is 1. The van der Waals surface area contributed by atoms with Crippen LogP contribution in [0, 0.1) is 11.7 Å². The van der Waals surface area contributed by atoms with Crippen LogP contribution in [0.5, 0.6) is 0 Å². The largest absolute Gasteiger partial charge is 0.460 e. The van der Waals surface area contributed by atoms with Crippen LogP contribution in [0.2, 0.25) is 0 Å². The minimum Gasteiger partial charge on any atom is -0.460 e. The van der Waals surface area contributed by atoms with Gasteiger partial charge >= 0.3 is 5.97 Å². The summed E-state index contributed by atoms with van der Waals surface area (Å²) in [6.07, 6.45) is 2.66. The second kappa shape index (κ2) is 7.88. The topological polar surface area (TPSA) is 59.5 Å². The van der Waals surface area contributed by atoms with Crippen molar-refractivity contribution in [3.63, 3.8) is 0 Å². The molecule has 0 spiro atoms. The lowest BCUT2D eigenvalue weighted by Gasteiger charge is -2.30. The first-order valence-corrected chi connectivity index (χ1v) is 8.25. The Balaban J connectivity index is 1.49. The summed E-state index contributed by atoms with van der Waals surface area (Å²) in [5.41, 5.74) is 0.765. The molecule has 0 bridgehead atoms. The third-order valence-corrected chi connectivity index (χ3v) is 4.33. The lowest BCUT2D eigenvalue weighted by molar-refractivity contribution is -0.151. The van der Waals surface area contributed by atoms with E-state index in [1.54, 1.807) is 47.5 Å². The molecule has 2 heterocycles. The van der Waals surface area contributed by atoms with Gasteiger partial charge in [-0.25, -0.2) is 4.39 Å². The zero-order chi connectivity index (χ0) is 17.6. The molecule has 1 aliphatic rings. The zero-order valence-corrected chi connectivity index (χ0v) is 13.7. The summed E-state index contributed by atoms with van der Waals surface area (Å²) < 4.78 is 18.8. The van der Waals surface area contributed by atoms with Gasteiger partial charge in [0.25, 0.3) is 5.91 Å². The molecule has 1 amide bonds. The van der Waals surface area contributed by atoms with Crippen molar-refractivity contribution in [1.29, 1.82) is 0 Å². The summed E-state index contributed by atoms with van der Waals surface area (Å²) >= 11 is 0. The predicted octanol–water partition coefficient (Wildman–Crippen LogP) is 2.82. The number of carbonyl (C=O) groups is 2. The maximum absolute atomic E-state index is 13.5. The van der Waals surface area contributed by atoms with Crippen molar-refractivity contribution in [3.05, 3.63) is 65.7 Å². The van der Waals surface area contributed by atoms with Crippen LogP contribution >= 0.6 is 0 Å². The van der Waals surface area contributed by atoms with E-state index in [0.29, 0.717) is 37.2 Å². The van der Waals surface area contributed by atoms with Gasteiger partial charge < -0.3 is 9.64 Å². The average Bonchev–Trinajstić information content (AvgIpc) is 2.67. The molecule has 25 heavy (non-hydrogen) atoms. The minimum atomic E-state index is -0.383. The molecule has 0 atom stereocenters. The summed E-state index contributed by atoms with van der Waals surface area (Å²) in [6.45, 7) is 0.891. The summed E-state index contributed by atoms with van der Waals surface area (Å²) in [6, 6.07) is 11.4. The predicted molar refractivity (Wildman–Crippen MR) is 89.1 cm³/mol. The molecule has 0 N–H and O–H groups in total. The number of nitrogens with zero attached hydrogens (tertiary/aromatic N) is 2. The van der Waals surface area contributed by atoms with E-state index in [0.717, 1.165) is 0 Å². The number of aromatic nitrogens is 1. The molecular formula is C19H19FN2O3. The van der Waals surface area contributed by atoms with Crippen molar-refractivity contribution in [2.75, 3.05) is 13.1 Å². The van der Waals surface area contributed by atoms with Gasteiger partial charge in [-0.15, -0.1) is 0 Å². The standard InChI is InChI=1S/C19H19FN2O3/c20-16-6-2-1-5-15(16)13-25-19(24)14-8-11-22(12-9-14)18(23)17-7-3-4-10-21-17/h1-7,10,14H,8-9,11-13H2. The van der Waals surface area contributed by atoms with E-state index in [9.17, 15) is 14.0 Å². The highest BCUT2D eigenvalue weighted by Crippen LogP contribution is 2.21. The van der Waals surface area contributed by atoms with Gasteiger partial charge in [0.05, 0.1) is 5.92 Å². The van der Waals surface area contributed by atoms with Crippen LogP contribution in [0.15, 0.2) is 48.7 Å². The van der Waals surface area contributed by atoms with Crippen molar-refractivity contribution < 1.29 is 18.7 Å². The highest BCUT2D eigenvalue weighted by Gasteiger charge is 2.29. The van der Waals surface area contributed by atoms with Gasteiger partial charge in [0.2, 0.25) is 0 Å². The average molecular weight is 342 g/mol. The molecule has 2 aromatic rings. The van der Waals surface area contributed by atoms with E-state index in [1.807, 2.05) is 0 Å². The first-order valence-electron chi connectivity index (χ1n) is 8.25. The van der Waals surface area contributed by atoms with Gasteiger partial charge in [-0.2, -0.15) is 0 Å². The second-order valence-corrected chi connectivity index (χ2v) is 5.98. The summed E-state index contributed by atoms with van der Waals surface area (Å²) in [7, 11) is 0. The molecule has 0 saturated carbocycles. The SMILES string of the molecule is O=C(OCc1ccccc1F)C1CCN(C(=O)c2ccccn2)CC1. The number of esters is 1. The number of hydrogen-bond donors (Lipinski definition) is 0. The van der Waals surface area contributed by atoms with E-state index in [2.05, 4.69) is 4.98 Å². The van der Waals surface area contributed by atoms with Crippen LogP contribution in [0.25, 0.3) is 0 Å². The number of amides is 1. The number of likely N-dealkylation sites (tertiary alicyclic amines) is 1. The van der Waals surface area contributed by atoms with Crippen molar-refractivity contribution in [2.24, 2.45) is 5.92 Å². The van der Waals surface area contributed by atoms with E-state index in [1.165, 1.54) is 6.07 Å². The van der Waals surface area contributed by atoms with Gasteiger partial charge in [0.1, 0.15) is 18.1 Å². The lowest BCUT2D eigenvalue weighted by Crippen LogP contribution is -2.40. The van der Waals surface area contributed by atoms with Gasteiger partial charge in [0.15, 0.2) is 0 Å². The summed E-state index contributed by atoms with van der Waals surface area (Å²) in [4.78, 5) is 30.3. The minimum absolute atomic E-state index is 0.0708. The molecule has 1 saturated heterocycles. The van der Waals surface area contributed by atoms with Crippen LogP contribution in [0.3, 0.4) is 0 Å². The van der Waals surface area contributed by atoms with Crippen LogP contribution in [-0.2, 0) is 16.1 Å². The highest BCUT2D eigenvalue weighted by atomic mass is 19.1. The smallest absolute Gasteiger partial charge is 0.309 e. The molecule has 0 unspecified atom stereocenters. The first-order chi connectivity index (χ1) is 12.1. The Kier molecular flexibility index (Phi) is 5.38. The maximum Gasteiger partial charge on any atom is 0.309 e. The summed E-state index contributed by atoms with van der Waals surface area (Å²) in [5.74, 6) is -1.11. The third-order valence-electron chi connectivity index (χ3n) is 4.33. The number of rotatable bonds is 4. The highest BCUT2D eigenvalue weighted by molar-refractivity contribution is 5.92. The number of pyridine rings is 1. The van der Waals surface area contributed by atoms with E-state index in [4.69, 9.17) is 4.74 Å². The molecule has 0 radical (unpaired) electrons. The molecule has 1 aliphatic heterocycles. The number of ether oxygens (including phenoxy) is 1. The Labute approximate surface area is 145 Å². The third kappa shape index (κ3) is 4.21. The van der Waals surface area contributed by atoms with Crippen molar-refractivity contribution >= 4 is 11.9 Å². The Morgan fingerprint density at radius 1 is 1.12 bits per heavy atom. The Hall–Kier alpha value is -2.76. The molecule has 0 aliphatic carbocycles. The molecule has 1 fully saturated rings. The van der Waals surface area contributed by atoms with Gasteiger partial charge in [0, 0.05) is 24.8 Å². The Morgan fingerprint density at radius 3 is 2.52 bits per heavy atom. The van der Waals surface area contributed by atoms with Crippen molar-refractivity contribution in [1.82, 2.24) is 9.88 Å². The monoisotopic (exact) mass is 342 g/mol. The van der Waals surface area contributed by atoms with E-state index in [-0.39, 0.29) is 30.2 Å². The maximum atomic E-state index is 13.5. The molecule has 3 rings (SSSR count). The van der Waals surface area contributed by atoms with Crippen LogP contribution in [0.4, 0.5) is 4.39 Å². The molecule has 130 valence electrons. The van der Waals surface area contributed by atoms with Gasteiger partial charge in [-0.05, 0) is 31.0 Å². The van der Waals surface area contributed by atoms with E-state index < -0.39 is 0 Å². The fourth-order valence-electron chi connectivity index (χ4n) is 2.85. The van der Waals surface area contributed by atoms with Gasteiger partial charge in [-0.3, -0.25) is 14.6 Å². The number of benzene rings is 1. The normalized spacial score (nSPS) is 15.0. The molecular weight excluding hydrogens is 323 g/mol. The first kappa shape index (κ1) is 17.1. The van der Waals surface area contributed by atoms with Gasteiger partial charge in [-0.1, -0.05) is 24.3 Å². The van der Waals surface area contributed by atoms with Crippen LogP contribution in [0.1, 0.15) is 28.9 Å². The number of halogens is 1. The second-order valence-electron chi connectivity index (χ2n) is 5.98. The zero-order valence-electron chi connectivity index (χ0n) is 13.7. The molecule has 6 heteroatoms. The summed E-state index contributed by atoms with van der Waals surface area (Å²) in [5, 5.41) is 0. The number of carbonyl (C=O) groups excluding carboxylic acids is 2. The van der Waals surface area contributed by atoms with Crippen LogP contribution < -0.4 is 0 Å². The Bertz CT molecular complexity index is 743. The lowest BCUT2D eigenvalue weighted by atomic mass is 9.97. The quantitative estimate of drug-likeness (QED) is 0.802. The fraction of sp³-hybridized carbons (Fsp3) is 0.316.